The van der Waals surface area contributed by atoms with Gasteiger partial charge in [-0.05, 0) is 18.8 Å². The van der Waals surface area contributed by atoms with Crippen molar-refractivity contribution in [1.29, 1.82) is 5.26 Å². The van der Waals surface area contributed by atoms with Gasteiger partial charge in [-0.2, -0.15) is 5.26 Å². The minimum absolute atomic E-state index is 0.328. The predicted octanol–water partition coefficient (Wildman–Crippen LogP) is 0.933. The van der Waals surface area contributed by atoms with E-state index in [1.165, 1.54) is 6.42 Å². The fraction of sp³-hybridized carbons (Fsp3) is 0.875. The highest BCUT2D eigenvalue weighted by Gasteiger charge is 2.63. The number of nitrogens with zero attached hydrogens (tertiary/aromatic N) is 1. The van der Waals surface area contributed by atoms with Gasteiger partial charge in [0.25, 0.3) is 0 Å². The van der Waals surface area contributed by atoms with E-state index in [4.69, 9.17) is 10.00 Å². The molecule has 2 aliphatic carbocycles. The summed E-state index contributed by atoms with van der Waals surface area (Å²) in [5.74, 6) is 1.69. The van der Waals surface area contributed by atoms with Crippen LogP contribution in [0.25, 0.3) is 0 Å². The Labute approximate surface area is 59.8 Å². The molecule has 1 heterocycles. The van der Waals surface area contributed by atoms with Gasteiger partial charge in [-0.3, -0.25) is 0 Å². The summed E-state index contributed by atoms with van der Waals surface area (Å²) in [6.07, 6.45) is 3.47. The third-order valence-electron chi connectivity index (χ3n) is 3.26. The third kappa shape index (κ3) is 0.411. The van der Waals surface area contributed by atoms with Crippen LogP contribution in [0.1, 0.15) is 12.8 Å². The van der Waals surface area contributed by atoms with E-state index in [0.717, 1.165) is 12.3 Å². The first-order chi connectivity index (χ1) is 4.90. The average molecular weight is 135 g/mol. The lowest BCUT2D eigenvalue weighted by molar-refractivity contribution is 0.259. The topological polar surface area (TPSA) is 36.3 Å². The number of fused-ring (bicyclic) bond motifs is 5. The largest absolute Gasteiger partial charge is 0.369 e. The number of epoxide rings is 1. The van der Waals surface area contributed by atoms with Crippen LogP contribution in [0.15, 0.2) is 0 Å². The van der Waals surface area contributed by atoms with Gasteiger partial charge in [0.15, 0.2) is 0 Å². The Bertz CT molecular complexity index is 220. The summed E-state index contributed by atoms with van der Waals surface area (Å²) in [5, 5.41) is 8.72. The summed E-state index contributed by atoms with van der Waals surface area (Å²) >= 11 is 0. The predicted molar refractivity (Wildman–Crippen MR) is 34.0 cm³/mol. The molecule has 2 nitrogen and oxygen atoms in total. The number of hydrogen-bond donors (Lipinski definition) is 0. The van der Waals surface area contributed by atoms with Gasteiger partial charge >= 0.3 is 0 Å². The molecule has 10 heavy (non-hydrogen) atoms. The molecular formula is C8H9NO. The number of hydrogen-bond acceptors (Lipinski definition) is 2. The molecule has 0 spiro atoms. The Morgan fingerprint density at radius 1 is 1.30 bits per heavy atom. The summed E-state index contributed by atoms with van der Waals surface area (Å²) < 4.78 is 5.42. The van der Waals surface area contributed by atoms with Gasteiger partial charge in [0.2, 0.25) is 0 Å². The monoisotopic (exact) mass is 135 g/mol. The molecule has 1 saturated heterocycles. The maximum Gasteiger partial charge on any atom is 0.0885 e. The van der Waals surface area contributed by atoms with Crippen molar-refractivity contribution in [3.8, 4) is 6.07 Å². The molecule has 0 N–H and O–H groups in total. The van der Waals surface area contributed by atoms with Crippen LogP contribution in [0.2, 0.25) is 0 Å². The van der Waals surface area contributed by atoms with Gasteiger partial charge in [-0.1, -0.05) is 0 Å². The van der Waals surface area contributed by atoms with Gasteiger partial charge in [0.1, 0.15) is 0 Å². The summed E-state index contributed by atoms with van der Waals surface area (Å²) in [6, 6.07) is 2.37. The second kappa shape index (κ2) is 1.38. The Balaban J connectivity index is 1.93. The van der Waals surface area contributed by atoms with Crippen molar-refractivity contribution >= 4 is 0 Å². The van der Waals surface area contributed by atoms with Crippen molar-refractivity contribution < 1.29 is 4.74 Å². The fourth-order valence-corrected chi connectivity index (χ4v) is 2.75. The van der Waals surface area contributed by atoms with Crippen LogP contribution in [0, 0.1) is 29.1 Å². The first-order valence-electron chi connectivity index (χ1n) is 3.95. The summed E-state index contributed by atoms with van der Waals surface area (Å²) in [4.78, 5) is 0. The SMILES string of the molecule is N#C[C@@H]1C[C@H]2C[C@H]1[C@@H]1O[C@@H]21. The first kappa shape index (κ1) is 5.15. The molecule has 2 heteroatoms. The maximum absolute atomic E-state index is 8.72. The van der Waals surface area contributed by atoms with Crippen LogP contribution < -0.4 is 0 Å². The molecule has 0 amide bonds. The lowest BCUT2D eigenvalue weighted by atomic mass is 9.90. The average Bonchev–Trinajstić information content (AvgIpc) is 2.58. The van der Waals surface area contributed by atoms with E-state index in [-0.39, 0.29) is 0 Å². The number of ether oxygens (including phenoxy) is 1. The van der Waals surface area contributed by atoms with Crippen LogP contribution in [-0.2, 0) is 4.74 Å². The summed E-state index contributed by atoms with van der Waals surface area (Å²) in [7, 11) is 0. The van der Waals surface area contributed by atoms with Crippen LogP contribution in [0.5, 0.6) is 0 Å². The molecule has 52 valence electrons. The van der Waals surface area contributed by atoms with E-state index in [2.05, 4.69) is 6.07 Å². The standard InChI is InChI=1S/C8H9NO/c9-3-5-1-4-2-6(5)8-7(4)10-8/h4-8H,1-2H2/t4-,5-,6+,7-,8-/m0/s1. The van der Waals surface area contributed by atoms with Crippen LogP contribution in [0.4, 0.5) is 0 Å². The molecule has 3 aliphatic rings. The van der Waals surface area contributed by atoms with Crippen LogP contribution in [0.3, 0.4) is 0 Å². The minimum atomic E-state index is 0.328. The van der Waals surface area contributed by atoms with Crippen molar-refractivity contribution in [2.45, 2.75) is 25.0 Å². The smallest absolute Gasteiger partial charge is 0.0885 e. The fourth-order valence-electron chi connectivity index (χ4n) is 2.75. The van der Waals surface area contributed by atoms with Crippen LogP contribution in [-0.4, -0.2) is 12.2 Å². The Hall–Kier alpha value is -0.550. The Kier molecular flexibility index (Phi) is 0.709. The van der Waals surface area contributed by atoms with Crippen molar-refractivity contribution in [3.63, 3.8) is 0 Å². The highest BCUT2D eigenvalue weighted by Crippen LogP contribution is 2.58. The van der Waals surface area contributed by atoms with Crippen molar-refractivity contribution in [3.05, 3.63) is 0 Å². The molecule has 2 bridgehead atoms. The number of nitriles is 1. The van der Waals surface area contributed by atoms with E-state index in [1.54, 1.807) is 0 Å². The highest BCUT2D eigenvalue weighted by molar-refractivity contribution is 5.14. The first-order valence-corrected chi connectivity index (χ1v) is 3.95. The van der Waals surface area contributed by atoms with Crippen LogP contribution >= 0.6 is 0 Å². The lowest BCUT2D eigenvalue weighted by Crippen LogP contribution is -2.15. The van der Waals surface area contributed by atoms with E-state index in [9.17, 15) is 0 Å². The van der Waals surface area contributed by atoms with Gasteiger partial charge in [0, 0.05) is 5.92 Å². The van der Waals surface area contributed by atoms with E-state index in [1.807, 2.05) is 0 Å². The molecule has 5 atom stereocenters. The molecule has 0 aromatic heterocycles. The van der Waals surface area contributed by atoms with Gasteiger partial charge < -0.3 is 4.74 Å². The van der Waals surface area contributed by atoms with Gasteiger partial charge in [-0.15, -0.1) is 0 Å². The molecule has 1 aliphatic heterocycles. The highest BCUT2D eigenvalue weighted by atomic mass is 16.6. The second-order valence-corrected chi connectivity index (χ2v) is 3.70. The lowest BCUT2D eigenvalue weighted by Gasteiger charge is -2.09. The molecule has 3 fully saturated rings. The normalized spacial score (nSPS) is 61.7. The van der Waals surface area contributed by atoms with E-state index < -0.39 is 0 Å². The quantitative estimate of drug-likeness (QED) is 0.463. The molecule has 2 saturated carbocycles. The Morgan fingerprint density at radius 2 is 2.20 bits per heavy atom. The molecule has 0 radical (unpaired) electrons. The zero-order chi connectivity index (χ0) is 6.72. The Morgan fingerprint density at radius 3 is 2.80 bits per heavy atom. The summed E-state index contributed by atoms with van der Waals surface area (Å²) in [6.45, 7) is 0. The van der Waals surface area contributed by atoms with E-state index in [0.29, 0.717) is 24.0 Å². The van der Waals surface area contributed by atoms with Crippen molar-refractivity contribution in [2.24, 2.45) is 17.8 Å². The molecule has 0 unspecified atom stereocenters. The second-order valence-electron chi connectivity index (χ2n) is 3.70. The van der Waals surface area contributed by atoms with Gasteiger partial charge in [-0.25, -0.2) is 0 Å². The van der Waals surface area contributed by atoms with Gasteiger partial charge in [0.05, 0.1) is 24.2 Å². The molecule has 3 rings (SSSR count). The third-order valence-corrected chi connectivity index (χ3v) is 3.26. The van der Waals surface area contributed by atoms with E-state index >= 15 is 0 Å². The van der Waals surface area contributed by atoms with Crippen molar-refractivity contribution in [1.82, 2.24) is 0 Å². The zero-order valence-electron chi connectivity index (χ0n) is 5.66. The zero-order valence-corrected chi connectivity index (χ0v) is 5.66. The summed E-state index contributed by atoms with van der Waals surface area (Å²) in [5.41, 5.74) is 0. The molecule has 0 aromatic rings. The molecular weight excluding hydrogens is 126 g/mol. The molecule has 0 aromatic carbocycles. The minimum Gasteiger partial charge on any atom is -0.369 e. The number of rotatable bonds is 0. The van der Waals surface area contributed by atoms with Crippen molar-refractivity contribution in [2.75, 3.05) is 0 Å². The maximum atomic E-state index is 8.72.